The van der Waals surface area contributed by atoms with E-state index >= 15 is 0 Å². The van der Waals surface area contributed by atoms with Crippen molar-refractivity contribution < 1.29 is 9.53 Å². The minimum atomic E-state index is -0.175. The number of fused-ring (bicyclic) bond motifs is 1. The average molecular weight is 364 g/mol. The summed E-state index contributed by atoms with van der Waals surface area (Å²) in [6.07, 6.45) is 0. The highest BCUT2D eigenvalue weighted by atomic mass is 16.5. The van der Waals surface area contributed by atoms with Gasteiger partial charge in [-0.15, -0.1) is 0 Å². The number of nitrogens with zero attached hydrogens (tertiary/aromatic N) is 3. The molecule has 1 aliphatic rings. The summed E-state index contributed by atoms with van der Waals surface area (Å²) in [7, 11) is 0. The van der Waals surface area contributed by atoms with E-state index in [2.05, 4.69) is 15.3 Å². The maximum Gasteiger partial charge on any atom is 0.276 e. The van der Waals surface area contributed by atoms with Crippen LogP contribution in [0.15, 0.2) is 48.5 Å². The van der Waals surface area contributed by atoms with Crippen LogP contribution in [0, 0.1) is 6.92 Å². The number of rotatable bonds is 5. The number of hydrogen-bond donors (Lipinski definition) is 1. The lowest BCUT2D eigenvalue weighted by Gasteiger charge is -2.26. The van der Waals surface area contributed by atoms with Crippen LogP contribution in [0.1, 0.15) is 16.1 Å². The number of benzene rings is 2. The van der Waals surface area contributed by atoms with E-state index in [4.69, 9.17) is 4.74 Å². The molecule has 4 rings (SSSR count). The van der Waals surface area contributed by atoms with Crippen molar-refractivity contribution in [3.63, 3.8) is 0 Å². The molecule has 1 amide bonds. The summed E-state index contributed by atoms with van der Waals surface area (Å²) in [5.74, 6) is -0.175. The van der Waals surface area contributed by atoms with E-state index in [9.17, 15) is 4.79 Å². The molecule has 1 fully saturated rings. The van der Waals surface area contributed by atoms with E-state index in [1.54, 1.807) is 0 Å². The van der Waals surface area contributed by atoms with Crippen molar-refractivity contribution in [2.75, 3.05) is 38.2 Å². The topological polar surface area (TPSA) is 59.4 Å². The van der Waals surface area contributed by atoms with Gasteiger partial charge in [0.25, 0.3) is 5.91 Å². The average Bonchev–Trinajstić information content (AvgIpc) is 3.08. The third kappa shape index (κ3) is 3.86. The summed E-state index contributed by atoms with van der Waals surface area (Å²) in [5.41, 5.74) is 3.30. The predicted octanol–water partition coefficient (Wildman–Crippen LogP) is 2.93. The summed E-state index contributed by atoms with van der Waals surface area (Å²) < 4.78 is 7.35. The van der Waals surface area contributed by atoms with Crippen LogP contribution < -0.4 is 5.32 Å². The Morgan fingerprint density at radius 2 is 1.81 bits per heavy atom. The third-order valence-corrected chi connectivity index (χ3v) is 5.00. The van der Waals surface area contributed by atoms with E-state index in [1.165, 1.54) is 0 Å². The quantitative estimate of drug-likeness (QED) is 0.756. The molecule has 1 saturated heterocycles. The Balaban J connectivity index is 1.57. The van der Waals surface area contributed by atoms with Crippen LogP contribution in [0.5, 0.6) is 0 Å². The Kier molecular flexibility index (Phi) is 5.18. The summed E-state index contributed by atoms with van der Waals surface area (Å²) >= 11 is 0. The second-order valence-electron chi connectivity index (χ2n) is 6.81. The van der Waals surface area contributed by atoms with E-state index in [1.807, 2.05) is 60.1 Å². The van der Waals surface area contributed by atoms with Crippen LogP contribution in [0.25, 0.3) is 10.9 Å². The second-order valence-corrected chi connectivity index (χ2v) is 6.81. The summed E-state index contributed by atoms with van der Waals surface area (Å²) in [5, 5.41) is 8.52. The Bertz CT molecular complexity index is 944. The number of hydrogen-bond acceptors (Lipinski definition) is 4. The van der Waals surface area contributed by atoms with Crippen molar-refractivity contribution in [3.8, 4) is 0 Å². The molecule has 2 heterocycles. The number of carbonyl (C=O) groups is 1. The third-order valence-electron chi connectivity index (χ3n) is 5.00. The first-order valence-corrected chi connectivity index (χ1v) is 9.35. The molecule has 6 heteroatoms. The van der Waals surface area contributed by atoms with Crippen LogP contribution in [0.2, 0.25) is 0 Å². The minimum Gasteiger partial charge on any atom is -0.379 e. The first kappa shape index (κ1) is 17.7. The maximum atomic E-state index is 12.9. The zero-order valence-corrected chi connectivity index (χ0v) is 15.5. The Morgan fingerprint density at radius 3 is 2.63 bits per heavy atom. The number of ether oxygens (including phenoxy) is 1. The van der Waals surface area contributed by atoms with Gasteiger partial charge in [-0.25, -0.2) is 0 Å². The summed E-state index contributed by atoms with van der Waals surface area (Å²) in [4.78, 5) is 15.3. The van der Waals surface area contributed by atoms with Gasteiger partial charge in [-0.1, -0.05) is 36.4 Å². The molecule has 0 bridgehead atoms. The number of carbonyl (C=O) groups excluding carboxylic acids is 1. The summed E-state index contributed by atoms with van der Waals surface area (Å²) in [6, 6.07) is 15.7. The molecule has 1 aliphatic heterocycles. The van der Waals surface area contributed by atoms with Crippen molar-refractivity contribution in [2.45, 2.75) is 13.5 Å². The highest BCUT2D eigenvalue weighted by Crippen LogP contribution is 2.21. The number of anilines is 1. The van der Waals surface area contributed by atoms with Gasteiger partial charge in [-0.2, -0.15) is 5.10 Å². The number of aryl methyl sites for hydroxylation is 1. The van der Waals surface area contributed by atoms with Gasteiger partial charge in [0.15, 0.2) is 5.69 Å². The van der Waals surface area contributed by atoms with Crippen LogP contribution in [-0.2, 0) is 11.3 Å². The van der Waals surface area contributed by atoms with E-state index in [-0.39, 0.29) is 5.91 Å². The molecule has 27 heavy (non-hydrogen) atoms. The number of nitrogens with one attached hydrogen (secondary N) is 1. The molecule has 140 valence electrons. The highest BCUT2D eigenvalue weighted by Gasteiger charge is 2.18. The Labute approximate surface area is 158 Å². The standard InChI is InChI=1S/C21H24N4O2/c1-16-6-2-4-8-18(16)22-21(26)20-17-7-3-5-9-19(17)25(23-20)11-10-24-12-14-27-15-13-24/h2-9H,10-15H2,1H3,(H,22,26). The fourth-order valence-corrected chi connectivity index (χ4v) is 3.42. The molecule has 0 aliphatic carbocycles. The van der Waals surface area contributed by atoms with Gasteiger partial charge in [0.2, 0.25) is 0 Å². The van der Waals surface area contributed by atoms with Gasteiger partial charge in [-0.05, 0) is 24.6 Å². The van der Waals surface area contributed by atoms with Gasteiger partial charge in [-0.3, -0.25) is 14.4 Å². The molecule has 1 N–H and O–H groups in total. The first-order chi connectivity index (χ1) is 13.2. The van der Waals surface area contributed by atoms with E-state index in [0.717, 1.165) is 61.5 Å². The normalized spacial score (nSPS) is 15.1. The Hall–Kier alpha value is -2.70. The minimum absolute atomic E-state index is 0.175. The maximum absolute atomic E-state index is 12.9. The van der Waals surface area contributed by atoms with Gasteiger partial charge < -0.3 is 10.1 Å². The Morgan fingerprint density at radius 1 is 1.07 bits per heavy atom. The molecule has 3 aromatic rings. The number of aromatic nitrogens is 2. The first-order valence-electron chi connectivity index (χ1n) is 9.35. The smallest absolute Gasteiger partial charge is 0.276 e. The molecule has 6 nitrogen and oxygen atoms in total. The molecule has 2 aromatic carbocycles. The van der Waals surface area contributed by atoms with Crippen LogP contribution >= 0.6 is 0 Å². The lowest BCUT2D eigenvalue weighted by Crippen LogP contribution is -2.38. The van der Waals surface area contributed by atoms with Gasteiger partial charge in [0.1, 0.15) is 0 Å². The van der Waals surface area contributed by atoms with Crippen molar-refractivity contribution in [1.82, 2.24) is 14.7 Å². The van der Waals surface area contributed by atoms with Gasteiger partial charge >= 0.3 is 0 Å². The lowest BCUT2D eigenvalue weighted by atomic mass is 10.1. The summed E-state index contributed by atoms with van der Waals surface area (Å²) in [6.45, 7) is 7.08. The number of morpholine rings is 1. The second kappa shape index (κ2) is 7.90. The molecule has 0 saturated carbocycles. The zero-order chi connectivity index (χ0) is 18.6. The molecule has 0 radical (unpaired) electrons. The molecule has 0 atom stereocenters. The van der Waals surface area contributed by atoms with Crippen LogP contribution in [0.4, 0.5) is 5.69 Å². The number of para-hydroxylation sites is 2. The van der Waals surface area contributed by atoms with Gasteiger partial charge in [0.05, 0.1) is 25.3 Å². The molecular weight excluding hydrogens is 340 g/mol. The fourth-order valence-electron chi connectivity index (χ4n) is 3.42. The molecule has 0 unspecified atom stereocenters. The van der Waals surface area contributed by atoms with Crippen LogP contribution in [-0.4, -0.2) is 53.4 Å². The van der Waals surface area contributed by atoms with Crippen molar-refractivity contribution in [2.24, 2.45) is 0 Å². The largest absolute Gasteiger partial charge is 0.379 e. The van der Waals surface area contributed by atoms with Crippen molar-refractivity contribution in [1.29, 1.82) is 0 Å². The van der Waals surface area contributed by atoms with E-state index < -0.39 is 0 Å². The zero-order valence-electron chi connectivity index (χ0n) is 15.5. The van der Waals surface area contributed by atoms with Crippen molar-refractivity contribution >= 4 is 22.5 Å². The number of amides is 1. The van der Waals surface area contributed by atoms with Crippen molar-refractivity contribution in [3.05, 3.63) is 59.8 Å². The van der Waals surface area contributed by atoms with Crippen LogP contribution in [0.3, 0.4) is 0 Å². The monoisotopic (exact) mass is 364 g/mol. The molecular formula is C21H24N4O2. The SMILES string of the molecule is Cc1ccccc1NC(=O)c1nn(CCN2CCOCC2)c2ccccc12. The van der Waals surface area contributed by atoms with Gasteiger partial charge in [0, 0.05) is 30.7 Å². The lowest BCUT2D eigenvalue weighted by molar-refractivity contribution is 0.0361. The highest BCUT2D eigenvalue weighted by molar-refractivity contribution is 6.11. The molecule has 0 spiro atoms. The molecule has 1 aromatic heterocycles. The predicted molar refractivity (Wildman–Crippen MR) is 106 cm³/mol. The fraction of sp³-hybridized carbons (Fsp3) is 0.333. The van der Waals surface area contributed by atoms with E-state index in [0.29, 0.717) is 5.69 Å².